The van der Waals surface area contributed by atoms with Crippen molar-refractivity contribution in [1.29, 1.82) is 0 Å². The summed E-state index contributed by atoms with van der Waals surface area (Å²) in [6.07, 6.45) is 0.0551. The van der Waals surface area contributed by atoms with Crippen molar-refractivity contribution in [2.75, 3.05) is 31.2 Å². The van der Waals surface area contributed by atoms with Crippen molar-refractivity contribution in [3.8, 4) is 0 Å². The standard InChI is InChI=1S/C14H18N4O3/c1-9-3-4-10(15)7-11(9)16-12(19)5-6-18-13(20)8-17(2)14(18)21/h3-4,7H,5-6,8,15H2,1-2H3,(H,16,19). The molecule has 1 heterocycles. The van der Waals surface area contributed by atoms with Gasteiger partial charge in [0.05, 0.1) is 0 Å². The molecule has 7 nitrogen and oxygen atoms in total. The van der Waals surface area contributed by atoms with Gasteiger partial charge in [0.2, 0.25) is 11.8 Å². The molecule has 0 aliphatic carbocycles. The SMILES string of the molecule is Cc1ccc(N)cc1NC(=O)CCN1C(=O)CN(C)C1=O. The van der Waals surface area contributed by atoms with E-state index in [2.05, 4.69) is 5.32 Å². The molecule has 1 aromatic rings. The number of benzene rings is 1. The number of hydrogen-bond donors (Lipinski definition) is 2. The van der Waals surface area contributed by atoms with Crippen LogP contribution in [0.2, 0.25) is 0 Å². The Hall–Kier alpha value is -2.57. The summed E-state index contributed by atoms with van der Waals surface area (Å²) in [7, 11) is 1.55. The lowest BCUT2D eigenvalue weighted by Gasteiger charge is -2.14. The van der Waals surface area contributed by atoms with Crippen LogP contribution < -0.4 is 11.1 Å². The largest absolute Gasteiger partial charge is 0.399 e. The summed E-state index contributed by atoms with van der Waals surface area (Å²) in [4.78, 5) is 37.6. The molecule has 0 radical (unpaired) electrons. The molecule has 2 rings (SSSR count). The molecule has 1 saturated heterocycles. The Morgan fingerprint density at radius 2 is 2.10 bits per heavy atom. The predicted octanol–water partition coefficient (Wildman–Crippen LogP) is 0.800. The van der Waals surface area contributed by atoms with E-state index < -0.39 is 0 Å². The third-order valence-corrected chi connectivity index (χ3v) is 3.33. The zero-order chi connectivity index (χ0) is 15.6. The number of nitrogens with two attached hydrogens (primary N) is 1. The summed E-state index contributed by atoms with van der Waals surface area (Å²) >= 11 is 0. The lowest BCUT2D eigenvalue weighted by atomic mass is 10.2. The average molecular weight is 290 g/mol. The minimum Gasteiger partial charge on any atom is -0.399 e. The van der Waals surface area contributed by atoms with Crippen molar-refractivity contribution in [1.82, 2.24) is 9.80 Å². The lowest BCUT2D eigenvalue weighted by Crippen LogP contribution is -2.34. The first-order chi connectivity index (χ1) is 9.88. The molecule has 21 heavy (non-hydrogen) atoms. The number of anilines is 2. The number of rotatable bonds is 4. The number of aryl methyl sites for hydroxylation is 1. The van der Waals surface area contributed by atoms with Crippen LogP contribution in [0.25, 0.3) is 0 Å². The van der Waals surface area contributed by atoms with E-state index in [4.69, 9.17) is 5.73 Å². The number of hydrogen-bond acceptors (Lipinski definition) is 4. The van der Waals surface area contributed by atoms with Gasteiger partial charge >= 0.3 is 6.03 Å². The van der Waals surface area contributed by atoms with Gasteiger partial charge in [0.15, 0.2) is 0 Å². The molecule has 0 unspecified atom stereocenters. The second-order valence-corrected chi connectivity index (χ2v) is 5.06. The molecule has 0 saturated carbocycles. The Morgan fingerprint density at radius 3 is 2.71 bits per heavy atom. The van der Waals surface area contributed by atoms with Gasteiger partial charge < -0.3 is 16.0 Å². The highest BCUT2D eigenvalue weighted by molar-refractivity contribution is 6.02. The van der Waals surface area contributed by atoms with E-state index >= 15 is 0 Å². The van der Waals surface area contributed by atoms with Crippen molar-refractivity contribution in [2.24, 2.45) is 0 Å². The van der Waals surface area contributed by atoms with Crippen LogP contribution in [0.5, 0.6) is 0 Å². The van der Waals surface area contributed by atoms with Crippen molar-refractivity contribution >= 4 is 29.2 Å². The maximum Gasteiger partial charge on any atom is 0.326 e. The minimum atomic E-state index is -0.368. The monoisotopic (exact) mass is 290 g/mol. The molecule has 0 spiro atoms. The summed E-state index contributed by atoms with van der Waals surface area (Å²) in [5, 5.41) is 2.73. The highest BCUT2D eigenvalue weighted by Gasteiger charge is 2.33. The molecule has 0 bridgehead atoms. The summed E-state index contributed by atoms with van der Waals surface area (Å²) in [6, 6.07) is 4.87. The van der Waals surface area contributed by atoms with Gasteiger partial charge in [-0.15, -0.1) is 0 Å². The average Bonchev–Trinajstić information content (AvgIpc) is 2.66. The van der Waals surface area contributed by atoms with E-state index in [1.807, 2.05) is 13.0 Å². The first kappa shape index (κ1) is 14.8. The highest BCUT2D eigenvalue weighted by atomic mass is 16.2. The molecule has 1 fully saturated rings. The van der Waals surface area contributed by atoms with Crippen molar-refractivity contribution in [3.05, 3.63) is 23.8 Å². The molecule has 0 aromatic heterocycles. The fraction of sp³-hybridized carbons (Fsp3) is 0.357. The number of carbonyl (C=O) groups excluding carboxylic acids is 3. The van der Waals surface area contributed by atoms with Crippen LogP contribution in [-0.2, 0) is 9.59 Å². The van der Waals surface area contributed by atoms with Gasteiger partial charge in [0, 0.05) is 31.4 Å². The Labute approximate surface area is 122 Å². The molecule has 1 aliphatic heterocycles. The van der Waals surface area contributed by atoms with Gasteiger partial charge in [-0.05, 0) is 24.6 Å². The first-order valence-electron chi connectivity index (χ1n) is 6.60. The maximum absolute atomic E-state index is 11.9. The quantitative estimate of drug-likeness (QED) is 0.633. The van der Waals surface area contributed by atoms with Gasteiger partial charge in [-0.2, -0.15) is 0 Å². The summed E-state index contributed by atoms with van der Waals surface area (Å²) in [5.74, 6) is -0.547. The van der Waals surface area contributed by atoms with Gasteiger partial charge in [-0.25, -0.2) is 4.79 Å². The minimum absolute atomic E-state index is 0.0551. The molecule has 1 aromatic carbocycles. The Morgan fingerprint density at radius 1 is 1.38 bits per heavy atom. The zero-order valence-corrected chi connectivity index (χ0v) is 12.0. The second-order valence-electron chi connectivity index (χ2n) is 5.06. The first-order valence-corrected chi connectivity index (χ1v) is 6.60. The zero-order valence-electron chi connectivity index (χ0n) is 12.0. The Balaban J connectivity index is 1.92. The van der Waals surface area contributed by atoms with E-state index in [9.17, 15) is 14.4 Å². The van der Waals surface area contributed by atoms with Gasteiger partial charge in [-0.1, -0.05) is 6.07 Å². The molecule has 7 heteroatoms. The number of nitrogens with zero attached hydrogens (tertiary/aromatic N) is 2. The van der Waals surface area contributed by atoms with Crippen LogP contribution in [0.1, 0.15) is 12.0 Å². The number of imide groups is 1. The maximum atomic E-state index is 11.9. The fourth-order valence-corrected chi connectivity index (χ4v) is 2.09. The number of urea groups is 1. The van der Waals surface area contributed by atoms with E-state index in [1.165, 1.54) is 4.90 Å². The number of likely N-dealkylation sites (N-methyl/N-ethyl adjacent to an activating group) is 1. The summed E-state index contributed by atoms with van der Waals surface area (Å²) in [6.45, 7) is 2.00. The predicted molar refractivity (Wildman–Crippen MR) is 78.6 cm³/mol. The number of carbonyl (C=O) groups is 3. The van der Waals surface area contributed by atoms with Gasteiger partial charge in [-0.3, -0.25) is 14.5 Å². The van der Waals surface area contributed by atoms with Crippen molar-refractivity contribution in [2.45, 2.75) is 13.3 Å². The van der Waals surface area contributed by atoms with Crippen LogP contribution >= 0.6 is 0 Å². The van der Waals surface area contributed by atoms with Gasteiger partial charge in [0.1, 0.15) is 6.54 Å². The fourth-order valence-electron chi connectivity index (χ4n) is 2.09. The molecule has 0 atom stereocenters. The normalized spacial score (nSPS) is 14.8. The van der Waals surface area contributed by atoms with Crippen molar-refractivity contribution < 1.29 is 14.4 Å². The summed E-state index contributed by atoms with van der Waals surface area (Å²) in [5.41, 5.74) is 7.76. The molecule has 112 valence electrons. The van der Waals surface area contributed by atoms with E-state index in [0.717, 1.165) is 10.5 Å². The van der Waals surface area contributed by atoms with E-state index in [1.54, 1.807) is 19.2 Å². The lowest BCUT2D eigenvalue weighted by molar-refractivity contribution is -0.125. The van der Waals surface area contributed by atoms with E-state index in [-0.39, 0.29) is 37.4 Å². The third-order valence-electron chi connectivity index (χ3n) is 3.33. The van der Waals surface area contributed by atoms with E-state index in [0.29, 0.717) is 11.4 Å². The van der Waals surface area contributed by atoms with Gasteiger partial charge in [0.25, 0.3) is 0 Å². The Bertz CT molecular complexity index is 600. The molecular formula is C14H18N4O3. The van der Waals surface area contributed by atoms with Crippen LogP contribution in [0, 0.1) is 6.92 Å². The summed E-state index contributed by atoms with van der Waals surface area (Å²) < 4.78 is 0. The highest BCUT2D eigenvalue weighted by Crippen LogP contribution is 2.18. The number of nitrogen functional groups attached to an aromatic ring is 1. The number of nitrogens with one attached hydrogen (secondary N) is 1. The molecule has 1 aliphatic rings. The third kappa shape index (κ3) is 3.31. The smallest absolute Gasteiger partial charge is 0.326 e. The number of amides is 4. The van der Waals surface area contributed by atoms with Crippen LogP contribution in [0.4, 0.5) is 16.2 Å². The molecular weight excluding hydrogens is 272 g/mol. The van der Waals surface area contributed by atoms with Crippen LogP contribution in [-0.4, -0.2) is 47.8 Å². The molecule has 3 N–H and O–H groups in total. The molecule has 4 amide bonds. The Kier molecular flexibility index (Phi) is 4.11. The van der Waals surface area contributed by atoms with Crippen LogP contribution in [0.15, 0.2) is 18.2 Å². The van der Waals surface area contributed by atoms with Crippen LogP contribution in [0.3, 0.4) is 0 Å². The topological polar surface area (TPSA) is 95.7 Å². The van der Waals surface area contributed by atoms with Crippen molar-refractivity contribution in [3.63, 3.8) is 0 Å². The second kappa shape index (κ2) is 5.82.